The quantitative estimate of drug-likeness (QED) is 0.764. The Morgan fingerprint density at radius 1 is 1.30 bits per heavy atom. The second kappa shape index (κ2) is 6.90. The zero-order chi connectivity index (χ0) is 14.4. The summed E-state index contributed by atoms with van der Waals surface area (Å²) in [5, 5.41) is 3.21. The van der Waals surface area contributed by atoms with Crippen molar-refractivity contribution in [3.8, 4) is 0 Å². The lowest BCUT2D eigenvalue weighted by molar-refractivity contribution is 1.32. The smallest absolute Gasteiger partial charge is 0.116 e. The Labute approximate surface area is 123 Å². The number of fused-ring (bicyclic) bond motifs is 1. The first-order valence-corrected chi connectivity index (χ1v) is 7.08. The van der Waals surface area contributed by atoms with Crippen LogP contribution in [-0.4, -0.2) is 19.1 Å². The predicted molar refractivity (Wildman–Crippen MR) is 90.5 cm³/mol. The highest BCUT2D eigenvalue weighted by Gasteiger charge is 2.07. The number of rotatable bonds is 2. The van der Waals surface area contributed by atoms with E-state index in [1.807, 2.05) is 18.3 Å². The highest BCUT2D eigenvalue weighted by molar-refractivity contribution is 8.07. The van der Waals surface area contributed by atoms with Gasteiger partial charge in [-0.05, 0) is 35.4 Å². The summed E-state index contributed by atoms with van der Waals surface area (Å²) < 4.78 is 0. The molecule has 0 bridgehead atoms. The molecule has 0 amide bonds. The van der Waals surface area contributed by atoms with Crippen LogP contribution in [0.3, 0.4) is 0 Å². The molecule has 0 atom stereocenters. The summed E-state index contributed by atoms with van der Waals surface area (Å²) in [5.74, 6) is 2.60. The maximum Gasteiger partial charge on any atom is 0.116 e. The van der Waals surface area contributed by atoms with E-state index in [1.165, 1.54) is 22.2 Å². The van der Waals surface area contributed by atoms with Crippen molar-refractivity contribution in [1.29, 1.82) is 0 Å². The lowest BCUT2D eigenvalue weighted by Gasteiger charge is -2.04. The van der Waals surface area contributed by atoms with Crippen molar-refractivity contribution in [2.45, 2.75) is 6.42 Å². The van der Waals surface area contributed by atoms with Crippen molar-refractivity contribution in [1.82, 2.24) is 0 Å². The van der Waals surface area contributed by atoms with Gasteiger partial charge in [-0.15, -0.1) is 0 Å². The highest BCUT2D eigenvalue weighted by Crippen LogP contribution is 2.29. The number of aliphatic imine (C=N–C) groups is 2. The maximum atomic E-state index is 4.23. The molecular formula is C17H16N2S. The van der Waals surface area contributed by atoms with Crippen LogP contribution in [0.25, 0.3) is 12.2 Å². The van der Waals surface area contributed by atoms with Crippen LogP contribution in [0.1, 0.15) is 6.42 Å². The minimum absolute atomic E-state index is 0.767. The molecule has 3 heteroatoms. The van der Waals surface area contributed by atoms with Gasteiger partial charge >= 0.3 is 0 Å². The molecule has 0 aliphatic carbocycles. The van der Waals surface area contributed by atoms with E-state index in [1.54, 1.807) is 7.05 Å². The van der Waals surface area contributed by atoms with Crippen LogP contribution in [-0.2, 0) is 0 Å². The topological polar surface area (TPSA) is 24.7 Å². The van der Waals surface area contributed by atoms with Gasteiger partial charge in [0, 0.05) is 23.7 Å². The fourth-order valence-corrected chi connectivity index (χ4v) is 2.77. The first-order valence-electron chi connectivity index (χ1n) is 6.26. The molecule has 2 nitrogen and oxygen atoms in total. The molecule has 1 aromatic carbocycles. The zero-order valence-electron chi connectivity index (χ0n) is 11.5. The molecular weight excluding hydrogens is 264 g/mol. The van der Waals surface area contributed by atoms with E-state index in [-0.39, 0.29) is 0 Å². The first kappa shape index (κ1) is 14.3. The summed E-state index contributed by atoms with van der Waals surface area (Å²) >= 11 is 1.52. The molecule has 1 aliphatic heterocycles. The Morgan fingerprint density at radius 3 is 2.75 bits per heavy atom. The number of benzene rings is 1. The lowest BCUT2D eigenvalue weighted by Crippen LogP contribution is -2.23. The Kier molecular flexibility index (Phi) is 4.94. The van der Waals surface area contributed by atoms with E-state index in [4.69, 9.17) is 0 Å². The molecule has 0 saturated heterocycles. The molecule has 0 fully saturated rings. The Bertz CT molecular complexity index is 747. The van der Waals surface area contributed by atoms with Crippen molar-refractivity contribution in [3.63, 3.8) is 0 Å². The summed E-state index contributed by atoms with van der Waals surface area (Å²) in [5.41, 5.74) is 1.04. The molecule has 1 aliphatic rings. The second-order valence-electron chi connectivity index (χ2n) is 4.24. The Balaban J connectivity index is 2.64. The molecule has 1 heterocycles. The van der Waals surface area contributed by atoms with Crippen LogP contribution in [0, 0.1) is 0 Å². The van der Waals surface area contributed by atoms with E-state index >= 15 is 0 Å². The maximum absolute atomic E-state index is 4.23. The molecule has 1 aromatic rings. The van der Waals surface area contributed by atoms with Crippen molar-refractivity contribution >= 4 is 36.0 Å². The summed E-state index contributed by atoms with van der Waals surface area (Å²) in [4.78, 5) is 9.28. The van der Waals surface area contributed by atoms with Gasteiger partial charge in [-0.1, -0.05) is 48.7 Å². The monoisotopic (exact) mass is 280 g/mol. The van der Waals surface area contributed by atoms with Crippen molar-refractivity contribution < 1.29 is 0 Å². The molecule has 0 spiro atoms. The normalized spacial score (nSPS) is 22.4. The average molecular weight is 280 g/mol. The molecule has 0 N–H and O–H groups in total. The van der Waals surface area contributed by atoms with Crippen molar-refractivity contribution in [2.75, 3.05) is 7.05 Å². The van der Waals surface area contributed by atoms with Crippen LogP contribution in [0.5, 0.6) is 0 Å². The molecule has 100 valence electrons. The lowest BCUT2D eigenvalue weighted by atomic mass is 10.1. The van der Waals surface area contributed by atoms with Crippen LogP contribution in [0.2, 0.25) is 0 Å². The van der Waals surface area contributed by atoms with E-state index in [0.717, 1.165) is 21.9 Å². The fourth-order valence-electron chi connectivity index (χ4n) is 1.96. The van der Waals surface area contributed by atoms with E-state index < -0.39 is 0 Å². The molecule has 20 heavy (non-hydrogen) atoms. The number of hydrogen-bond donors (Lipinski definition) is 0. The van der Waals surface area contributed by atoms with Crippen LogP contribution >= 0.6 is 11.8 Å². The van der Waals surface area contributed by atoms with E-state index in [0.29, 0.717) is 0 Å². The van der Waals surface area contributed by atoms with E-state index in [9.17, 15) is 0 Å². The summed E-state index contributed by atoms with van der Waals surface area (Å²) in [6, 6.07) is 8.26. The fraction of sp³-hybridized carbons (Fsp3) is 0.118. The summed E-state index contributed by atoms with van der Waals surface area (Å²) in [6.07, 6.45) is 6.85. The van der Waals surface area contributed by atoms with Gasteiger partial charge in [0.2, 0.25) is 0 Å². The van der Waals surface area contributed by atoms with Gasteiger partial charge in [-0.2, -0.15) is 4.99 Å². The largest absolute Gasteiger partial charge is 0.296 e. The molecule has 0 saturated carbocycles. The van der Waals surface area contributed by atoms with Gasteiger partial charge in [0.25, 0.3) is 0 Å². The first-order chi connectivity index (χ1) is 9.74. The third kappa shape index (κ3) is 3.47. The number of allylic oxidation sites excluding steroid dienone is 2. The highest BCUT2D eigenvalue weighted by atomic mass is 32.2. The van der Waals surface area contributed by atoms with Crippen molar-refractivity contribution in [3.05, 3.63) is 63.4 Å². The van der Waals surface area contributed by atoms with Crippen molar-refractivity contribution in [2.24, 2.45) is 9.98 Å². The zero-order valence-corrected chi connectivity index (χ0v) is 12.3. The second-order valence-corrected chi connectivity index (χ2v) is 5.35. The third-order valence-electron chi connectivity index (χ3n) is 2.82. The average Bonchev–Trinajstić information content (AvgIpc) is 2.49. The number of nitrogens with zero attached hydrogens (tertiary/aromatic N) is 2. The van der Waals surface area contributed by atoms with Crippen LogP contribution < -0.4 is 10.4 Å². The van der Waals surface area contributed by atoms with Gasteiger partial charge in [0.05, 0.1) is 0 Å². The molecule has 0 aromatic heterocycles. The van der Waals surface area contributed by atoms with Gasteiger partial charge < -0.3 is 0 Å². The summed E-state index contributed by atoms with van der Waals surface area (Å²) in [6.45, 7) is 7.65. The third-order valence-corrected chi connectivity index (χ3v) is 3.75. The molecule has 0 radical (unpaired) electrons. The van der Waals surface area contributed by atoms with Gasteiger partial charge in [-0.25, -0.2) is 0 Å². The number of thioether (sulfide) groups is 1. The SMILES string of the molecule is C=C=N/C1=C(\C=NC)C/C=c2/cccc/c2=C/C(=C)S1. The molecule has 2 rings (SSSR count). The van der Waals surface area contributed by atoms with Gasteiger partial charge in [-0.3, -0.25) is 4.99 Å². The van der Waals surface area contributed by atoms with Crippen LogP contribution in [0.4, 0.5) is 0 Å². The van der Waals surface area contributed by atoms with Crippen LogP contribution in [0.15, 0.2) is 62.9 Å². The predicted octanol–water partition coefficient (Wildman–Crippen LogP) is 2.67. The van der Waals surface area contributed by atoms with Gasteiger partial charge in [0.15, 0.2) is 0 Å². The number of hydrogen-bond acceptors (Lipinski definition) is 3. The minimum atomic E-state index is 0.767. The Morgan fingerprint density at radius 2 is 2.05 bits per heavy atom. The summed E-state index contributed by atoms with van der Waals surface area (Å²) in [7, 11) is 1.76. The molecule has 0 unspecified atom stereocenters. The standard InChI is InChI=1S/C17H16N2S/c1-4-19-17-16(12-18-3)10-9-14-7-5-6-8-15(14)11-13(2)20-17/h5-9,11-12H,1-2,10H2,3H3/b14-9-,15-11-,17-16+,18-12?. The minimum Gasteiger partial charge on any atom is -0.296 e. The van der Waals surface area contributed by atoms with E-state index in [2.05, 4.69) is 53.3 Å². The van der Waals surface area contributed by atoms with Gasteiger partial charge in [0.1, 0.15) is 5.03 Å². The Hall–Kier alpha value is -2.09.